The summed E-state index contributed by atoms with van der Waals surface area (Å²) in [4.78, 5) is 41.3. The first-order chi connectivity index (χ1) is 12.0. The third kappa shape index (κ3) is 2.42. The molecule has 3 fully saturated rings. The summed E-state index contributed by atoms with van der Waals surface area (Å²) in [6.07, 6.45) is 1.73. The molecule has 0 unspecified atom stereocenters. The molecule has 4 heterocycles. The number of carbonyl (C=O) groups excluding carboxylic acids is 2. The Balaban J connectivity index is 1.77. The summed E-state index contributed by atoms with van der Waals surface area (Å²) in [7, 11) is 3.36. The van der Waals surface area contributed by atoms with E-state index in [0.29, 0.717) is 23.9 Å². The second kappa shape index (κ2) is 5.68. The van der Waals surface area contributed by atoms with Crippen molar-refractivity contribution < 1.29 is 9.59 Å². The molecular formula is C18H20N4O3. The first-order valence-electron chi connectivity index (χ1n) is 8.49. The van der Waals surface area contributed by atoms with Crippen LogP contribution in [0.5, 0.6) is 0 Å². The van der Waals surface area contributed by atoms with Crippen molar-refractivity contribution in [2.75, 3.05) is 20.1 Å². The molecule has 130 valence electrons. The molecule has 2 amide bonds. The number of aryl methyl sites for hydroxylation is 1. The van der Waals surface area contributed by atoms with E-state index in [1.165, 1.54) is 4.68 Å². The third-order valence-electron chi connectivity index (χ3n) is 5.41. The first-order valence-corrected chi connectivity index (χ1v) is 8.49. The van der Waals surface area contributed by atoms with Gasteiger partial charge in [0.25, 0.3) is 11.5 Å². The molecule has 3 aliphatic heterocycles. The topological polar surface area (TPSA) is 75.5 Å². The fourth-order valence-corrected chi connectivity index (χ4v) is 3.93. The summed E-state index contributed by atoms with van der Waals surface area (Å²) >= 11 is 0. The lowest BCUT2D eigenvalue weighted by molar-refractivity contribution is -0.138. The van der Waals surface area contributed by atoms with Gasteiger partial charge in [0.2, 0.25) is 5.91 Å². The summed E-state index contributed by atoms with van der Waals surface area (Å²) in [5.41, 5.74) is 0.0482. The maximum Gasteiger partial charge on any atom is 0.275 e. The highest BCUT2D eigenvalue weighted by Crippen LogP contribution is 2.29. The number of hydrogen-bond donors (Lipinski definition) is 0. The van der Waals surface area contributed by atoms with E-state index >= 15 is 0 Å². The quantitative estimate of drug-likeness (QED) is 0.763. The van der Waals surface area contributed by atoms with Gasteiger partial charge in [0.05, 0.1) is 11.3 Å². The predicted molar refractivity (Wildman–Crippen MR) is 92.2 cm³/mol. The Morgan fingerprint density at radius 1 is 1.08 bits per heavy atom. The molecule has 7 heteroatoms. The third-order valence-corrected chi connectivity index (χ3v) is 5.41. The van der Waals surface area contributed by atoms with E-state index in [4.69, 9.17) is 0 Å². The van der Waals surface area contributed by atoms with Gasteiger partial charge in [-0.05, 0) is 18.9 Å². The SMILES string of the molecule is CN1C(=O)[C@@H]2CC[C@H]1CN(C(=O)c1nn(C)c(=O)c3ccccc13)C2. The van der Waals surface area contributed by atoms with Crippen molar-refractivity contribution in [3.8, 4) is 0 Å². The number of benzene rings is 1. The molecule has 3 saturated heterocycles. The number of fused-ring (bicyclic) bond motifs is 5. The zero-order valence-electron chi connectivity index (χ0n) is 14.3. The summed E-state index contributed by atoms with van der Waals surface area (Å²) in [6, 6.07) is 7.08. The maximum absolute atomic E-state index is 13.2. The lowest BCUT2D eigenvalue weighted by atomic mass is 9.95. The average molecular weight is 340 g/mol. The lowest BCUT2D eigenvalue weighted by Gasteiger charge is -2.32. The van der Waals surface area contributed by atoms with Gasteiger partial charge in [-0.3, -0.25) is 14.4 Å². The van der Waals surface area contributed by atoms with Crippen LogP contribution in [0.25, 0.3) is 10.8 Å². The van der Waals surface area contributed by atoms with Crippen LogP contribution >= 0.6 is 0 Å². The molecular weight excluding hydrogens is 320 g/mol. The van der Waals surface area contributed by atoms with Crippen LogP contribution in [-0.2, 0) is 11.8 Å². The molecule has 2 atom stereocenters. The van der Waals surface area contributed by atoms with Crippen molar-refractivity contribution in [1.29, 1.82) is 0 Å². The van der Waals surface area contributed by atoms with Crippen LogP contribution in [0.1, 0.15) is 23.3 Å². The molecule has 1 aromatic carbocycles. The zero-order valence-corrected chi connectivity index (χ0v) is 14.3. The van der Waals surface area contributed by atoms with Gasteiger partial charge in [0.15, 0.2) is 5.69 Å². The molecule has 0 radical (unpaired) electrons. The van der Waals surface area contributed by atoms with Gasteiger partial charge in [0.1, 0.15) is 0 Å². The summed E-state index contributed by atoms with van der Waals surface area (Å²) in [5.74, 6) is -0.247. The highest BCUT2D eigenvalue weighted by Gasteiger charge is 2.40. The minimum Gasteiger partial charge on any atom is -0.341 e. The Morgan fingerprint density at radius 3 is 2.56 bits per heavy atom. The van der Waals surface area contributed by atoms with Gasteiger partial charge in [-0.15, -0.1) is 0 Å². The molecule has 0 aliphatic carbocycles. The second-order valence-electron chi connectivity index (χ2n) is 6.91. The standard InChI is InChI=1S/C18H20N4O3/c1-20-12-8-7-11(16(20)23)9-22(10-12)18(25)15-13-5-3-4-6-14(13)17(24)21(2)19-15/h3-6,11-12H,7-10H2,1-2H3/t11-,12+/m1/s1. The van der Waals surface area contributed by atoms with Crippen molar-refractivity contribution in [3.05, 3.63) is 40.3 Å². The van der Waals surface area contributed by atoms with Crippen molar-refractivity contribution >= 4 is 22.6 Å². The van der Waals surface area contributed by atoms with E-state index in [1.807, 2.05) is 7.05 Å². The molecule has 0 N–H and O–H groups in total. The van der Waals surface area contributed by atoms with Gasteiger partial charge in [-0.1, -0.05) is 18.2 Å². The Hall–Kier alpha value is -2.70. The van der Waals surface area contributed by atoms with E-state index in [1.54, 1.807) is 41.1 Å². The fraction of sp³-hybridized carbons (Fsp3) is 0.444. The monoisotopic (exact) mass is 340 g/mol. The predicted octanol–water partition coefficient (Wildman–Crippen LogP) is 0.626. The van der Waals surface area contributed by atoms with Crippen molar-refractivity contribution in [1.82, 2.24) is 19.6 Å². The van der Waals surface area contributed by atoms with E-state index < -0.39 is 0 Å². The van der Waals surface area contributed by atoms with Gasteiger partial charge in [-0.2, -0.15) is 5.10 Å². The minimum absolute atomic E-state index is 0.0500. The average Bonchev–Trinajstić information content (AvgIpc) is 2.91. The van der Waals surface area contributed by atoms with Crippen LogP contribution in [0.3, 0.4) is 0 Å². The summed E-state index contributed by atoms with van der Waals surface area (Å²) in [6.45, 7) is 0.924. The first kappa shape index (κ1) is 15.8. The number of aromatic nitrogens is 2. The van der Waals surface area contributed by atoms with Crippen molar-refractivity contribution in [3.63, 3.8) is 0 Å². The van der Waals surface area contributed by atoms with Crippen LogP contribution < -0.4 is 5.56 Å². The van der Waals surface area contributed by atoms with Crippen molar-refractivity contribution in [2.24, 2.45) is 13.0 Å². The van der Waals surface area contributed by atoms with Gasteiger partial charge >= 0.3 is 0 Å². The number of piperidine rings is 1. The molecule has 0 saturated carbocycles. The fourth-order valence-electron chi connectivity index (χ4n) is 3.93. The van der Waals surface area contributed by atoms with E-state index in [9.17, 15) is 14.4 Å². The number of rotatable bonds is 1. The smallest absolute Gasteiger partial charge is 0.275 e. The summed E-state index contributed by atoms with van der Waals surface area (Å²) < 4.78 is 1.21. The molecule has 5 rings (SSSR count). The van der Waals surface area contributed by atoms with Crippen molar-refractivity contribution in [2.45, 2.75) is 18.9 Å². The lowest BCUT2D eigenvalue weighted by Crippen LogP contribution is -2.45. The van der Waals surface area contributed by atoms with Crippen LogP contribution in [0, 0.1) is 5.92 Å². The normalized spacial score (nSPS) is 23.2. The number of nitrogens with zero attached hydrogens (tertiary/aromatic N) is 4. The summed E-state index contributed by atoms with van der Waals surface area (Å²) in [5, 5.41) is 5.27. The van der Waals surface area contributed by atoms with Crippen LogP contribution in [0.15, 0.2) is 29.1 Å². The molecule has 3 aliphatic rings. The molecule has 7 nitrogen and oxygen atoms in total. The van der Waals surface area contributed by atoms with Gasteiger partial charge in [0, 0.05) is 38.6 Å². The Morgan fingerprint density at radius 2 is 1.80 bits per heavy atom. The molecule has 2 bridgehead atoms. The van der Waals surface area contributed by atoms with Gasteiger partial charge in [-0.25, -0.2) is 4.68 Å². The zero-order chi connectivity index (χ0) is 17.7. The van der Waals surface area contributed by atoms with E-state index in [0.717, 1.165) is 12.8 Å². The second-order valence-corrected chi connectivity index (χ2v) is 6.91. The number of amides is 2. The molecule has 1 aromatic heterocycles. The molecule has 2 aromatic rings. The van der Waals surface area contributed by atoms with E-state index in [-0.39, 0.29) is 35.0 Å². The highest BCUT2D eigenvalue weighted by atomic mass is 16.2. The largest absolute Gasteiger partial charge is 0.341 e. The Labute approximate surface area is 144 Å². The maximum atomic E-state index is 13.2. The number of carbonyl (C=O) groups is 2. The number of likely N-dealkylation sites (N-methyl/N-ethyl adjacent to an activating group) is 1. The number of hydrogen-bond acceptors (Lipinski definition) is 4. The Bertz CT molecular complexity index is 936. The van der Waals surface area contributed by atoms with E-state index in [2.05, 4.69) is 5.10 Å². The minimum atomic E-state index is -0.224. The highest BCUT2D eigenvalue weighted by molar-refractivity contribution is 6.05. The van der Waals surface area contributed by atoms with Crippen LogP contribution in [0.2, 0.25) is 0 Å². The molecule has 25 heavy (non-hydrogen) atoms. The van der Waals surface area contributed by atoms with Crippen LogP contribution in [-0.4, -0.2) is 57.6 Å². The Kier molecular flexibility index (Phi) is 3.59. The van der Waals surface area contributed by atoms with Crippen LogP contribution in [0.4, 0.5) is 0 Å². The molecule has 0 spiro atoms. The van der Waals surface area contributed by atoms with Gasteiger partial charge < -0.3 is 9.80 Å².